The number of nitrogens with one attached hydrogen (secondary N) is 1. The highest BCUT2D eigenvalue weighted by Gasteiger charge is 2.26. The molecule has 0 aliphatic carbocycles. The summed E-state index contributed by atoms with van der Waals surface area (Å²) < 4.78 is 18.7. The molecule has 1 aromatic carbocycles. The SMILES string of the molecule is O=C(CN1CCNCC1)N1CCOC(c2ccc(F)cc2)C1. The maximum Gasteiger partial charge on any atom is 0.236 e. The second kappa shape index (κ2) is 7.17. The third kappa shape index (κ3) is 3.82. The number of rotatable bonds is 3. The van der Waals surface area contributed by atoms with Crippen LogP contribution in [0.15, 0.2) is 24.3 Å². The second-order valence-electron chi connectivity index (χ2n) is 5.78. The highest BCUT2D eigenvalue weighted by molar-refractivity contribution is 5.78. The molecule has 0 radical (unpaired) electrons. The lowest BCUT2D eigenvalue weighted by atomic mass is 10.1. The number of hydrogen-bond acceptors (Lipinski definition) is 4. The standard InChI is InChI=1S/C16H22FN3O2/c17-14-3-1-13(2-4-14)15-11-20(9-10-22-15)16(21)12-19-7-5-18-6-8-19/h1-4,15,18H,5-12H2. The van der Waals surface area contributed by atoms with Gasteiger partial charge in [-0.15, -0.1) is 0 Å². The first-order valence-corrected chi connectivity index (χ1v) is 7.80. The van der Waals surface area contributed by atoms with Gasteiger partial charge in [0, 0.05) is 32.7 Å². The number of benzene rings is 1. The molecular weight excluding hydrogens is 285 g/mol. The van der Waals surface area contributed by atoms with Gasteiger partial charge in [0.05, 0.1) is 19.7 Å². The van der Waals surface area contributed by atoms with Crippen LogP contribution in [0.25, 0.3) is 0 Å². The lowest BCUT2D eigenvalue weighted by Gasteiger charge is -2.35. The van der Waals surface area contributed by atoms with Crippen molar-refractivity contribution in [3.05, 3.63) is 35.6 Å². The van der Waals surface area contributed by atoms with E-state index >= 15 is 0 Å². The van der Waals surface area contributed by atoms with E-state index in [1.54, 1.807) is 12.1 Å². The highest BCUT2D eigenvalue weighted by Crippen LogP contribution is 2.22. The van der Waals surface area contributed by atoms with Crippen LogP contribution in [0.5, 0.6) is 0 Å². The van der Waals surface area contributed by atoms with Crippen LogP contribution < -0.4 is 5.32 Å². The molecule has 0 saturated carbocycles. The topological polar surface area (TPSA) is 44.8 Å². The lowest BCUT2D eigenvalue weighted by Crippen LogP contribution is -2.50. The van der Waals surface area contributed by atoms with Crippen molar-refractivity contribution in [3.63, 3.8) is 0 Å². The zero-order valence-corrected chi connectivity index (χ0v) is 12.6. The molecule has 1 amide bonds. The molecule has 22 heavy (non-hydrogen) atoms. The molecule has 0 spiro atoms. The monoisotopic (exact) mass is 307 g/mol. The van der Waals surface area contributed by atoms with E-state index in [1.165, 1.54) is 12.1 Å². The third-order valence-electron chi connectivity index (χ3n) is 4.23. The normalized spacial score (nSPS) is 23.5. The summed E-state index contributed by atoms with van der Waals surface area (Å²) in [4.78, 5) is 16.5. The summed E-state index contributed by atoms with van der Waals surface area (Å²) in [5.41, 5.74) is 0.918. The lowest BCUT2D eigenvalue weighted by molar-refractivity contribution is -0.140. The molecule has 5 nitrogen and oxygen atoms in total. The van der Waals surface area contributed by atoms with Crippen molar-refractivity contribution in [2.24, 2.45) is 0 Å². The number of ether oxygens (including phenoxy) is 1. The molecule has 2 heterocycles. The van der Waals surface area contributed by atoms with Gasteiger partial charge in [0.25, 0.3) is 0 Å². The molecule has 6 heteroatoms. The molecule has 1 unspecified atom stereocenters. The number of halogens is 1. The first-order valence-electron chi connectivity index (χ1n) is 7.80. The zero-order valence-electron chi connectivity index (χ0n) is 12.6. The highest BCUT2D eigenvalue weighted by atomic mass is 19.1. The Bertz CT molecular complexity index is 503. The molecule has 2 fully saturated rings. The Kier molecular flexibility index (Phi) is 5.02. The molecule has 2 aliphatic rings. The van der Waals surface area contributed by atoms with Crippen LogP contribution in [0.3, 0.4) is 0 Å². The Labute approximate surface area is 130 Å². The largest absolute Gasteiger partial charge is 0.370 e. The molecule has 1 N–H and O–H groups in total. The number of carbonyl (C=O) groups is 1. The summed E-state index contributed by atoms with van der Waals surface area (Å²) in [6.07, 6.45) is -0.165. The number of carbonyl (C=O) groups excluding carboxylic acids is 1. The first kappa shape index (κ1) is 15.4. The van der Waals surface area contributed by atoms with Gasteiger partial charge in [-0.1, -0.05) is 12.1 Å². The molecule has 1 atom stereocenters. The van der Waals surface area contributed by atoms with Crippen molar-refractivity contribution in [1.82, 2.24) is 15.1 Å². The van der Waals surface area contributed by atoms with Gasteiger partial charge in [-0.25, -0.2) is 4.39 Å². The predicted octanol–water partition coefficient (Wildman–Crippen LogP) is 0.631. The minimum absolute atomic E-state index is 0.150. The van der Waals surface area contributed by atoms with Crippen LogP contribution in [-0.4, -0.2) is 68.1 Å². The van der Waals surface area contributed by atoms with Crippen molar-refractivity contribution in [2.45, 2.75) is 6.10 Å². The van der Waals surface area contributed by atoms with Gasteiger partial charge in [0.1, 0.15) is 11.9 Å². The van der Waals surface area contributed by atoms with Crippen LogP contribution in [0, 0.1) is 5.82 Å². The summed E-state index contributed by atoms with van der Waals surface area (Å²) in [6.45, 7) is 5.87. The average molecular weight is 307 g/mol. The van der Waals surface area contributed by atoms with Crippen LogP contribution in [-0.2, 0) is 9.53 Å². The van der Waals surface area contributed by atoms with Gasteiger partial charge in [-0.05, 0) is 17.7 Å². The van der Waals surface area contributed by atoms with Gasteiger partial charge in [-0.2, -0.15) is 0 Å². The number of hydrogen-bond donors (Lipinski definition) is 1. The van der Waals surface area contributed by atoms with E-state index in [0.29, 0.717) is 26.2 Å². The average Bonchev–Trinajstić information content (AvgIpc) is 2.56. The summed E-state index contributed by atoms with van der Waals surface area (Å²) in [6, 6.07) is 6.31. The molecule has 2 aliphatic heterocycles. The summed E-state index contributed by atoms with van der Waals surface area (Å²) in [5.74, 6) is -0.108. The van der Waals surface area contributed by atoms with E-state index in [4.69, 9.17) is 4.74 Å². The van der Waals surface area contributed by atoms with Gasteiger partial charge in [0.2, 0.25) is 5.91 Å². The maximum atomic E-state index is 13.0. The third-order valence-corrected chi connectivity index (χ3v) is 4.23. The fourth-order valence-electron chi connectivity index (χ4n) is 2.92. The Morgan fingerprint density at radius 3 is 2.68 bits per heavy atom. The Hall–Kier alpha value is -1.50. The molecule has 1 aromatic rings. The summed E-state index contributed by atoms with van der Waals surface area (Å²) in [5, 5.41) is 3.28. The van der Waals surface area contributed by atoms with E-state index in [2.05, 4.69) is 10.2 Å². The van der Waals surface area contributed by atoms with Crippen molar-refractivity contribution in [3.8, 4) is 0 Å². The van der Waals surface area contributed by atoms with E-state index < -0.39 is 0 Å². The van der Waals surface area contributed by atoms with Crippen LogP contribution in [0.4, 0.5) is 4.39 Å². The first-order chi connectivity index (χ1) is 10.7. The number of amides is 1. The maximum absolute atomic E-state index is 13.0. The van der Waals surface area contributed by atoms with Crippen molar-refractivity contribution >= 4 is 5.91 Å². The van der Waals surface area contributed by atoms with Crippen LogP contribution >= 0.6 is 0 Å². The molecule has 0 bridgehead atoms. The zero-order chi connectivity index (χ0) is 15.4. The summed E-state index contributed by atoms with van der Waals surface area (Å²) >= 11 is 0. The minimum atomic E-state index is -0.258. The van der Waals surface area contributed by atoms with Crippen molar-refractivity contribution < 1.29 is 13.9 Å². The molecule has 120 valence electrons. The van der Waals surface area contributed by atoms with E-state index in [1.807, 2.05) is 4.90 Å². The second-order valence-corrected chi connectivity index (χ2v) is 5.78. The molecule has 0 aromatic heterocycles. The van der Waals surface area contributed by atoms with Gasteiger partial charge in [0.15, 0.2) is 0 Å². The van der Waals surface area contributed by atoms with Crippen LogP contribution in [0.1, 0.15) is 11.7 Å². The number of piperazine rings is 1. The van der Waals surface area contributed by atoms with E-state index in [0.717, 1.165) is 31.7 Å². The van der Waals surface area contributed by atoms with Gasteiger partial charge >= 0.3 is 0 Å². The fraction of sp³-hybridized carbons (Fsp3) is 0.562. The van der Waals surface area contributed by atoms with E-state index in [9.17, 15) is 9.18 Å². The smallest absolute Gasteiger partial charge is 0.236 e. The molecular formula is C16H22FN3O2. The summed E-state index contributed by atoms with van der Waals surface area (Å²) in [7, 11) is 0. The minimum Gasteiger partial charge on any atom is -0.370 e. The van der Waals surface area contributed by atoms with Gasteiger partial charge < -0.3 is 15.0 Å². The number of nitrogens with zero attached hydrogens (tertiary/aromatic N) is 2. The van der Waals surface area contributed by atoms with Crippen LogP contribution in [0.2, 0.25) is 0 Å². The quantitative estimate of drug-likeness (QED) is 0.890. The molecule has 3 rings (SSSR count). The number of morpholine rings is 1. The van der Waals surface area contributed by atoms with Gasteiger partial charge in [-0.3, -0.25) is 9.69 Å². The van der Waals surface area contributed by atoms with E-state index in [-0.39, 0.29) is 17.8 Å². The Balaban J connectivity index is 1.57. The van der Waals surface area contributed by atoms with Crippen molar-refractivity contribution in [2.75, 3.05) is 52.4 Å². The van der Waals surface area contributed by atoms with Crippen molar-refractivity contribution in [1.29, 1.82) is 0 Å². The predicted molar refractivity (Wildman–Crippen MR) is 81.0 cm³/mol. The fourth-order valence-corrected chi connectivity index (χ4v) is 2.92. The Morgan fingerprint density at radius 1 is 1.23 bits per heavy atom. The molecule has 2 saturated heterocycles. The Morgan fingerprint density at radius 2 is 1.95 bits per heavy atom.